The molecule has 0 fully saturated rings. The molecule has 0 aliphatic rings. The van der Waals surface area contributed by atoms with Gasteiger partial charge < -0.3 is 5.11 Å². The molecule has 0 aliphatic carbocycles. The fourth-order valence-corrected chi connectivity index (χ4v) is 0.974. The highest BCUT2D eigenvalue weighted by Crippen LogP contribution is 2.12. The van der Waals surface area contributed by atoms with Crippen molar-refractivity contribution in [3.05, 3.63) is 35.4 Å². The molecule has 0 aliphatic heterocycles. The molecule has 0 spiro atoms. The molecule has 4 heteroatoms. The molecule has 0 atom stereocenters. The summed E-state index contributed by atoms with van der Waals surface area (Å²) in [6.45, 7) is 1.08. The summed E-state index contributed by atoms with van der Waals surface area (Å²) in [5.41, 5.74) is 0.355. The average molecular weight is 185 g/mol. The van der Waals surface area contributed by atoms with Crippen molar-refractivity contribution in [3.63, 3.8) is 0 Å². The summed E-state index contributed by atoms with van der Waals surface area (Å²) >= 11 is 0. The Balaban J connectivity index is 3.15. The summed E-state index contributed by atoms with van der Waals surface area (Å²) in [4.78, 5) is 3.56. The van der Waals surface area contributed by atoms with Crippen LogP contribution in [0.15, 0.2) is 23.2 Å². The first-order valence-electron chi connectivity index (χ1n) is 3.73. The van der Waals surface area contributed by atoms with Gasteiger partial charge in [0.1, 0.15) is 6.73 Å². The normalized spacial score (nSPS) is 11.8. The van der Waals surface area contributed by atoms with Crippen molar-refractivity contribution in [2.75, 3.05) is 6.73 Å². The molecule has 0 saturated heterocycles. The van der Waals surface area contributed by atoms with E-state index < -0.39 is 18.4 Å². The molecule has 13 heavy (non-hydrogen) atoms. The van der Waals surface area contributed by atoms with Gasteiger partial charge in [0.2, 0.25) is 0 Å². The van der Waals surface area contributed by atoms with Crippen LogP contribution in [0.25, 0.3) is 0 Å². The van der Waals surface area contributed by atoms with Crippen LogP contribution in [0.5, 0.6) is 0 Å². The van der Waals surface area contributed by atoms with Crippen molar-refractivity contribution in [3.8, 4) is 0 Å². The third-order valence-corrected chi connectivity index (χ3v) is 1.65. The van der Waals surface area contributed by atoms with E-state index in [0.29, 0.717) is 0 Å². The lowest BCUT2D eigenvalue weighted by Gasteiger charge is -2.02. The first-order valence-corrected chi connectivity index (χ1v) is 3.73. The van der Waals surface area contributed by atoms with Gasteiger partial charge >= 0.3 is 0 Å². The number of nitrogens with zero attached hydrogens (tertiary/aromatic N) is 1. The molecule has 0 radical (unpaired) electrons. The maximum absolute atomic E-state index is 13.0. The third-order valence-electron chi connectivity index (χ3n) is 1.65. The van der Waals surface area contributed by atoms with Crippen LogP contribution in [0.1, 0.15) is 12.5 Å². The van der Waals surface area contributed by atoms with E-state index >= 15 is 0 Å². The van der Waals surface area contributed by atoms with E-state index in [4.69, 9.17) is 5.11 Å². The third kappa shape index (κ3) is 2.09. The Morgan fingerprint density at radius 1 is 1.46 bits per heavy atom. The quantitative estimate of drug-likeness (QED) is 0.699. The van der Waals surface area contributed by atoms with Crippen molar-refractivity contribution >= 4 is 5.71 Å². The Labute approximate surface area is 74.5 Å². The van der Waals surface area contributed by atoms with Crippen LogP contribution < -0.4 is 0 Å². The smallest absolute Gasteiger partial charge is 0.167 e. The maximum atomic E-state index is 13.0. The molecule has 70 valence electrons. The van der Waals surface area contributed by atoms with Crippen LogP contribution in [0.4, 0.5) is 8.78 Å². The highest BCUT2D eigenvalue weighted by Gasteiger charge is 2.08. The Kier molecular flexibility index (Phi) is 3.08. The Morgan fingerprint density at radius 2 is 2.15 bits per heavy atom. The fraction of sp³-hybridized carbons (Fsp3) is 0.222. The topological polar surface area (TPSA) is 32.6 Å². The number of aliphatic hydroxyl groups excluding tert-OH is 1. The lowest BCUT2D eigenvalue weighted by Crippen LogP contribution is -2.01. The fourth-order valence-electron chi connectivity index (χ4n) is 0.974. The molecule has 1 N–H and O–H groups in total. The molecule has 0 heterocycles. The first-order chi connectivity index (χ1) is 6.16. The van der Waals surface area contributed by atoms with Crippen LogP contribution in [0.3, 0.4) is 0 Å². The van der Waals surface area contributed by atoms with E-state index in [1.165, 1.54) is 19.1 Å². The van der Waals surface area contributed by atoms with Crippen molar-refractivity contribution in [2.24, 2.45) is 4.99 Å². The summed E-state index contributed by atoms with van der Waals surface area (Å²) in [7, 11) is 0. The van der Waals surface area contributed by atoms with Gasteiger partial charge in [-0.05, 0) is 13.0 Å². The molecule has 0 unspecified atom stereocenters. The largest absolute Gasteiger partial charge is 0.375 e. The van der Waals surface area contributed by atoms with E-state index in [1.54, 1.807) is 0 Å². The standard InChI is InChI=1S/C9H9F2NO/c1-6(12-5-13)7-3-2-4-8(10)9(7)11/h2-4,13H,5H2,1H3. The minimum Gasteiger partial charge on any atom is -0.375 e. The van der Waals surface area contributed by atoms with Gasteiger partial charge in [0.25, 0.3) is 0 Å². The van der Waals surface area contributed by atoms with Crippen molar-refractivity contribution in [2.45, 2.75) is 6.92 Å². The number of halogens is 2. The lowest BCUT2D eigenvalue weighted by molar-refractivity contribution is 0.309. The molecule has 1 aromatic rings. The first kappa shape index (κ1) is 9.80. The second kappa shape index (κ2) is 4.09. The second-order valence-electron chi connectivity index (χ2n) is 2.49. The van der Waals surface area contributed by atoms with Gasteiger partial charge in [-0.3, -0.25) is 4.99 Å². The van der Waals surface area contributed by atoms with Crippen LogP contribution in [-0.4, -0.2) is 17.5 Å². The Bertz CT molecular complexity index is 336. The van der Waals surface area contributed by atoms with Gasteiger partial charge in [-0.15, -0.1) is 0 Å². The van der Waals surface area contributed by atoms with Crippen LogP contribution in [0, 0.1) is 11.6 Å². The summed E-state index contributed by atoms with van der Waals surface area (Å²) in [5, 5.41) is 8.45. The monoisotopic (exact) mass is 185 g/mol. The Hall–Kier alpha value is -1.29. The van der Waals surface area contributed by atoms with E-state index in [1.807, 2.05) is 0 Å². The van der Waals surface area contributed by atoms with Gasteiger partial charge in [0.15, 0.2) is 11.6 Å². The molecule has 1 aromatic carbocycles. The van der Waals surface area contributed by atoms with Crippen molar-refractivity contribution in [1.82, 2.24) is 0 Å². The highest BCUT2D eigenvalue weighted by atomic mass is 19.2. The molecule has 0 aromatic heterocycles. The predicted molar refractivity (Wildman–Crippen MR) is 45.7 cm³/mol. The minimum atomic E-state index is -0.933. The lowest BCUT2D eigenvalue weighted by atomic mass is 10.1. The summed E-state index contributed by atoms with van der Waals surface area (Å²) in [6.07, 6.45) is 0. The number of hydrogen-bond donors (Lipinski definition) is 1. The maximum Gasteiger partial charge on any atom is 0.167 e. The highest BCUT2D eigenvalue weighted by molar-refractivity contribution is 5.98. The molecule has 0 amide bonds. The number of aliphatic hydroxyl groups is 1. The molecule has 1 rings (SSSR count). The van der Waals surface area contributed by atoms with E-state index in [2.05, 4.69) is 4.99 Å². The van der Waals surface area contributed by atoms with Gasteiger partial charge in [-0.2, -0.15) is 0 Å². The molecule has 2 nitrogen and oxygen atoms in total. The predicted octanol–water partition coefficient (Wildman–Crippen LogP) is 1.72. The van der Waals surface area contributed by atoms with Crippen LogP contribution >= 0.6 is 0 Å². The number of aliphatic imine (C=N–C) groups is 1. The SMILES string of the molecule is CC(=NCO)c1cccc(F)c1F. The van der Waals surface area contributed by atoms with E-state index in [-0.39, 0.29) is 11.3 Å². The minimum absolute atomic E-state index is 0.0778. The van der Waals surface area contributed by atoms with E-state index in [0.717, 1.165) is 6.07 Å². The van der Waals surface area contributed by atoms with Gasteiger partial charge in [0, 0.05) is 11.3 Å². The molecule has 0 bridgehead atoms. The van der Waals surface area contributed by atoms with E-state index in [9.17, 15) is 8.78 Å². The molecule has 0 saturated carbocycles. The van der Waals surface area contributed by atoms with Gasteiger partial charge in [0.05, 0.1) is 0 Å². The molecular weight excluding hydrogens is 176 g/mol. The number of benzene rings is 1. The average Bonchev–Trinajstić information content (AvgIpc) is 2.10. The second-order valence-corrected chi connectivity index (χ2v) is 2.49. The van der Waals surface area contributed by atoms with Crippen molar-refractivity contribution < 1.29 is 13.9 Å². The number of hydrogen-bond acceptors (Lipinski definition) is 2. The van der Waals surface area contributed by atoms with Crippen LogP contribution in [0.2, 0.25) is 0 Å². The Morgan fingerprint density at radius 3 is 2.77 bits per heavy atom. The van der Waals surface area contributed by atoms with Crippen molar-refractivity contribution in [1.29, 1.82) is 0 Å². The number of rotatable bonds is 2. The zero-order chi connectivity index (χ0) is 9.84. The zero-order valence-electron chi connectivity index (χ0n) is 7.09. The summed E-state index contributed by atoms with van der Waals surface area (Å²) < 4.78 is 25.7. The summed E-state index contributed by atoms with van der Waals surface area (Å²) in [5.74, 6) is -1.85. The van der Waals surface area contributed by atoms with Gasteiger partial charge in [-0.25, -0.2) is 8.78 Å². The van der Waals surface area contributed by atoms with Gasteiger partial charge in [-0.1, -0.05) is 12.1 Å². The summed E-state index contributed by atoms with van der Waals surface area (Å²) in [6, 6.07) is 3.84. The molecular formula is C9H9F2NO. The van der Waals surface area contributed by atoms with Crippen LogP contribution in [-0.2, 0) is 0 Å². The zero-order valence-corrected chi connectivity index (χ0v) is 7.09.